The van der Waals surface area contributed by atoms with Gasteiger partial charge in [-0.3, -0.25) is 9.69 Å². The molecule has 140 valence electrons. The summed E-state index contributed by atoms with van der Waals surface area (Å²) in [6.07, 6.45) is 9.54. The van der Waals surface area contributed by atoms with Gasteiger partial charge in [0.05, 0.1) is 6.54 Å². The number of hydrogen-bond acceptors (Lipinski definition) is 2. The highest BCUT2D eigenvalue weighted by Crippen LogP contribution is 2.61. The number of benzene rings is 1. The van der Waals surface area contributed by atoms with Gasteiger partial charge in [-0.2, -0.15) is 0 Å². The van der Waals surface area contributed by atoms with Crippen molar-refractivity contribution < 1.29 is 4.79 Å². The van der Waals surface area contributed by atoms with Crippen LogP contribution in [0.15, 0.2) is 24.3 Å². The van der Waals surface area contributed by atoms with Crippen molar-refractivity contribution in [2.45, 2.75) is 64.5 Å². The fourth-order valence-electron chi connectivity index (χ4n) is 7.04. The van der Waals surface area contributed by atoms with Gasteiger partial charge in [-0.25, -0.2) is 0 Å². The number of fused-ring (bicyclic) bond motifs is 1. The Hall–Kier alpha value is -1.35. The summed E-state index contributed by atoms with van der Waals surface area (Å²) in [5.74, 6) is 3.06. The van der Waals surface area contributed by atoms with Gasteiger partial charge in [0.15, 0.2) is 0 Å². The minimum absolute atomic E-state index is 0.229. The maximum absolute atomic E-state index is 12.8. The monoisotopic (exact) mass is 352 g/mol. The maximum Gasteiger partial charge on any atom is 0.234 e. The van der Waals surface area contributed by atoms with Gasteiger partial charge in [-0.1, -0.05) is 24.3 Å². The van der Waals surface area contributed by atoms with Crippen LogP contribution in [0.3, 0.4) is 0 Å². The van der Waals surface area contributed by atoms with E-state index in [1.807, 2.05) is 0 Å². The largest absolute Gasteiger partial charge is 0.352 e. The van der Waals surface area contributed by atoms with Gasteiger partial charge in [-0.05, 0) is 86.2 Å². The number of nitrogens with one attached hydrogen (secondary N) is 1. The zero-order chi connectivity index (χ0) is 17.7. The predicted octanol–water partition coefficient (Wildman–Crippen LogP) is 3.77. The Morgan fingerprint density at radius 1 is 1.12 bits per heavy atom. The quantitative estimate of drug-likeness (QED) is 0.895. The first-order chi connectivity index (χ1) is 12.6. The van der Waals surface area contributed by atoms with E-state index in [1.54, 1.807) is 0 Å². The molecule has 1 heterocycles. The molecule has 6 rings (SSSR count). The van der Waals surface area contributed by atoms with Crippen LogP contribution in [0, 0.1) is 23.2 Å². The highest BCUT2D eigenvalue weighted by molar-refractivity contribution is 5.78. The van der Waals surface area contributed by atoms with Crippen LogP contribution in [-0.4, -0.2) is 29.9 Å². The van der Waals surface area contributed by atoms with Crippen LogP contribution in [0.5, 0.6) is 0 Å². The molecule has 0 aromatic heterocycles. The summed E-state index contributed by atoms with van der Waals surface area (Å²) < 4.78 is 0. The highest BCUT2D eigenvalue weighted by Gasteiger charge is 2.53. The van der Waals surface area contributed by atoms with Gasteiger partial charge in [0, 0.05) is 19.1 Å². The van der Waals surface area contributed by atoms with Crippen molar-refractivity contribution in [3.63, 3.8) is 0 Å². The Morgan fingerprint density at radius 3 is 2.38 bits per heavy atom. The zero-order valence-corrected chi connectivity index (χ0v) is 16.0. The number of carbonyl (C=O) groups excluding carboxylic acids is 1. The Balaban J connectivity index is 1.20. The maximum atomic E-state index is 12.8. The molecule has 1 aromatic carbocycles. The van der Waals surface area contributed by atoms with Crippen molar-refractivity contribution in [1.29, 1.82) is 0 Å². The van der Waals surface area contributed by atoms with Crippen LogP contribution < -0.4 is 5.32 Å². The van der Waals surface area contributed by atoms with Gasteiger partial charge < -0.3 is 5.32 Å². The van der Waals surface area contributed by atoms with Crippen LogP contribution in [-0.2, 0) is 17.8 Å². The summed E-state index contributed by atoms with van der Waals surface area (Å²) in [5, 5.41) is 3.43. The summed E-state index contributed by atoms with van der Waals surface area (Å²) in [7, 11) is 0. The van der Waals surface area contributed by atoms with Gasteiger partial charge in [0.2, 0.25) is 5.91 Å². The van der Waals surface area contributed by atoms with E-state index in [-0.39, 0.29) is 5.91 Å². The van der Waals surface area contributed by atoms with E-state index in [0.29, 0.717) is 18.0 Å². The molecule has 0 spiro atoms. The van der Waals surface area contributed by atoms with Crippen LogP contribution in [0.4, 0.5) is 0 Å². The molecule has 1 N–H and O–H groups in total. The Bertz CT molecular complexity index is 662. The van der Waals surface area contributed by atoms with Crippen LogP contribution in [0.1, 0.15) is 56.6 Å². The van der Waals surface area contributed by atoms with E-state index < -0.39 is 0 Å². The molecule has 0 radical (unpaired) electrons. The predicted molar refractivity (Wildman–Crippen MR) is 104 cm³/mol. The Kier molecular flexibility index (Phi) is 4.11. The third kappa shape index (κ3) is 2.98. The normalized spacial score (nSPS) is 36.6. The molecule has 4 saturated carbocycles. The van der Waals surface area contributed by atoms with Crippen LogP contribution >= 0.6 is 0 Å². The molecule has 0 unspecified atom stereocenters. The second-order valence-corrected chi connectivity index (χ2v) is 9.80. The topological polar surface area (TPSA) is 32.3 Å². The lowest BCUT2D eigenvalue weighted by atomic mass is 9.48. The zero-order valence-electron chi connectivity index (χ0n) is 16.0. The minimum atomic E-state index is 0.229. The lowest BCUT2D eigenvalue weighted by molar-refractivity contribution is -0.127. The molecule has 4 bridgehead atoms. The summed E-state index contributed by atoms with van der Waals surface area (Å²) in [6.45, 7) is 4.74. The second kappa shape index (κ2) is 6.37. The molecule has 1 aromatic rings. The fourth-order valence-corrected chi connectivity index (χ4v) is 7.04. The average molecular weight is 353 g/mol. The van der Waals surface area contributed by atoms with Crippen molar-refractivity contribution in [3.8, 4) is 0 Å². The van der Waals surface area contributed by atoms with Crippen molar-refractivity contribution in [2.75, 3.05) is 13.1 Å². The van der Waals surface area contributed by atoms with Gasteiger partial charge in [0.1, 0.15) is 0 Å². The first-order valence-electron chi connectivity index (χ1n) is 10.7. The average Bonchev–Trinajstić information content (AvgIpc) is 2.60. The molecular formula is C23H32N2O. The van der Waals surface area contributed by atoms with E-state index in [2.05, 4.69) is 41.4 Å². The minimum Gasteiger partial charge on any atom is -0.352 e. The lowest BCUT2D eigenvalue weighted by Gasteiger charge is -2.59. The number of carbonyl (C=O) groups is 1. The first kappa shape index (κ1) is 16.8. The molecule has 5 aliphatic rings. The lowest BCUT2D eigenvalue weighted by Crippen LogP contribution is -2.56. The molecule has 26 heavy (non-hydrogen) atoms. The number of amides is 1. The molecule has 1 amide bonds. The second-order valence-electron chi connectivity index (χ2n) is 9.80. The van der Waals surface area contributed by atoms with Crippen molar-refractivity contribution in [3.05, 3.63) is 35.4 Å². The van der Waals surface area contributed by atoms with E-state index in [0.717, 1.165) is 37.3 Å². The van der Waals surface area contributed by atoms with Gasteiger partial charge >= 0.3 is 0 Å². The number of hydrogen-bond donors (Lipinski definition) is 1. The van der Waals surface area contributed by atoms with E-state index in [4.69, 9.17) is 0 Å². The summed E-state index contributed by atoms with van der Waals surface area (Å²) in [5.41, 5.74) is 3.24. The molecule has 1 atom stereocenters. The van der Waals surface area contributed by atoms with E-state index >= 15 is 0 Å². The number of nitrogens with zero attached hydrogens (tertiary/aromatic N) is 1. The third-order valence-electron chi connectivity index (χ3n) is 7.96. The third-order valence-corrected chi connectivity index (χ3v) is 7.96. The molecule has 0 saturated heterocycles. The van der Waals surface area contributed by atoms with Crippen molar-refractivity contribution in [2.24, 2.45) is 23.2 Å². The smallest absolute Gasteiger partial charge is 0.234 e. The SMILES string of the molecule is C[C@@H](NC(=O)CN1CCc2ccccc2C1)C12CC3CC(CC(C3)C1)C2. The van der Waals surface area contributed by atoms with Crippen molar-refractivity contribution in [1.82, 2.24) is 10.2 Å². The standard InChI is InChI=1S/C23H32N2O/c1-16(23-11-17-8-18(12-23)10-19(9-17)13-23)24-22(26)15-25-7-6-20-4-2-3-5-21(20)14-25/h2-5,16-19H,6-15H2,1H3,(H,24,26)/t16-,17?,18?,19?,23?/m1/s1. The highest BCUT2D eigenvalue weighted by atomic mass is 16.2. The molecule has 1 aliphatic heterocycles. The Morgan fingerprint density at radius 2 is 1.73 bits per heavy atom. The number of rotatable bonds is 4. The molecule has 3 heteroatoms. The van der Waals surface area contributed by atoms with E-state index in [1.165, 1.54) is 49.7 Å². The van der Waals surface area contributed by atoms with Crippen molar-refractivity contribution >= 4 is 5.91 Å². The molecule has 4 aliphatic carbocycles. The Labute approximate surface area is 157 Å². The molecule has 3 nitrogen and oxygen atoms in total. The molecular weight excluding hydrogens is 320 g/mol. The first-order valence-corrected chi connectivity index (χ1v) is 10.7. The van der Waals surface area contributed by atoms with Gasteiger partial charge in [-0.15, -0.1) is 0 Å². The summed E-state index contributed by atoms with van der Waals surface area (Å²) in [4.78, 5) is 15.1. The summed E-state index contributed by atoms with van der Waals surface area (Å²) in [6, 6.07) is 8.99. The van der Waals surface area contributed by atoms with Crippen LogP contribution in [0.2, 0.25) is 0 Å². The summed E-state index contributed by atoms with van der Waals surface area (Å²) >= 11 is 0. The van der Waals surface area contributed by atoms with E-state index in [9.17, 15) is 4.79 Å². The fraction of sp³-hybridized carbons (Fsp3) is 0.696. The van der Waals surface area contributed by atoms with Crippen LogP contribution in [0.25, 0.3) is 0 Å². The van der Waals surface area contributed by atoms with Gasteiger partial charge in [0.25, 0.3) is 0 Å². The molecule has 4 fully saturated rings.